The van der Waals surface area contributed by atoms with Crippen LogP contribution in [-0.2, 0) is 6.54 Å². The second kappa shape index (κ2) is 7.04. The maximum atomic E-state index is 3.99. The molecule has 19 heavy (non-hydrogen) atoms. The van der Waals surface area contributed by atoms with Gasteiger partial charge in [0.05, 0.1) is 6.20 Å². The third-order valence-electron chi connectivity index (χ3n) is 4.46. The Morgan fingerprint density at radius 3 is 2.89 bits per heavy atom. The van der Waals surface area contributed by atoms with Crippen molar-refractivity contribution < 1.29 is 0 Å². The molecule has 0 bridgehead atoms. The van der Waals surface area contributed by atoms with Crippen LogP contribution in [0.25, 0.3) is 0 Å². The molecule has 1 saturated carbocycles. The van der Waals surface area contributed by atoms with Gasteiger partial charge in [-0.2, -0.15) is 0 Å². The molecule has 108 valence electrons. The molecule has 3 atom stereocenters. The van der Waals surface area contributed by atoms with E-state index in [0.717, 1.165) is 37.3 Å². The quantitative estimate of drug-likeness (QED) is 0.803. The Morgan fingerprint density at radius 2 is 2.21 bits per heavy atom. The molecule has 1 aliphatic rings. The summed E-state index contributed by atoms with van der Waals surface area (Å²) in [5, 5.41) is 11.6. The first kappa shape index (κ1) is 14.5. The van der Waals surface area contributed by atoms with E-state index in [-0.39, 0.29) is 0 Å². The Hall–Kier alpha value is -0.900. The Bertz CT molecular complexity index is 347. The third-order valence-corrected chi connectivity index (χ3v) is 4.46. The van der Waals surface area contributed by atoms with Gasteiger partial charge < -0.3 is 5.32 Å². The van der Waals surface area contributed by atoms with E-state index in [4.69, 9.17) is 0 Å². The van der Waals surface area contributed by atoms with Crippen molar-refractivity contribution >= 4 is 0 Å². The molecule has 4 nitrogen and oxygen atoms in total. The van der Waals surface area contributed by atoms with E-state index in [2.05, 4.69) is 36.4 Å². The minimum Gasteiger partial charge on any atom is -0.314 e. The Morgan fingerprint density at radius 1 is 1.37 bits per heavy atom. The lowest BCUT2D eigenvalue weighted by molar-refractivity contribution is 0.169. The van der Waals surface area contributed by atoms with Gasteiger partial charge in [-0.05, 0) is 43.6 Å². The topological polar surface area (TPSA) is 42.7 Å². The van der Waals surface area contributed by atoms with Gasteiger partial charge in [-0.25, -0.2) is 0 Å². The van der Waals surface area contributed by atoms with Crippen molar-refractivity contribution in [3.63, 3.8) is 0 Å². The molecular formula is C15H28N4. The van der Waals surface area contributed by atoms with Crippen molar-refractivity contribution in [1.29, 1.82) is 0 Å². The van der Waals surface area contributed by atoms with Crippen LogP contribution in [-0.4, -0.2) is 27.6 Å². The van der Waals surface area contributed by atoms with E-state index in [1.54, 1.807) is 6.20 Å². The molecule has 0 radical (unpaired) electrons. The monoisotopic (exact) mass is 264 g/mol. The van der Waals surface area contributed by atoms with Crippen LogP contribution in [0, 0.1) is 17.8 Å². The minimum absolute atomic E-state index is 0.708. The van der Waals surface area contributed by atoms with Crippen LogP contribution < -0.4 is 5.32 Å². The number of nitrogens with one attached hydrogen (secondary N) is 1. The van der Waals surface area contributed by atoms with Crippen molar-refractivity contribution in [1.82, 2.24) is 20.3 Å². The van der Waals surface area contributed by atoms with E-state index in [1.807, 2.05) is 10.9 Å². The first-order chi connectivity index (χ1) is 9.16. The van der Waals surface area contributed by atoms with E-state index in [1.165, 1.54) is 19.3 Å². The number of aryl methyl sites for hydroxylation is 1. The molecule has 1 aliphatic carbocycles. The van der Waals surface area contributed by atoms with Gasteiger partial charge in [0.15, 0.2) is 0 Å². The highest BCUT2D eigenvalue weighted by molar-refractivity contribution is 4.85. The minimum atomic E-state index is 0.708. The normalized spacial score (nSPS) is 27.9. The lowest BCUT2D eigenvalue weighted by atomic mass is 9.74. The second-order valence-corrected chi connectivity index (χ2v) is 6.41. The molecule has 1 fully saturated rings. The summed E-state index contributed by atoms with van der Waals surface area (Å²) in [5.41, 5.74) is 0. The van der Waals surface area contributed by atoms with E-state index >= 15 is 0 Å². The van der Waals surface area contributed by atoms with Gasteiger partial charge in [0, 0.05) is 18.8 Å². The van der Waals surface area contributed by atoms with Crippen LogP contribution in [0.15, 0.2) is 12.4 Å². The van der Waals surface area contributed by atoms with E-state index in [0.29, 0.717) is 6.04 Å². The Labute approximate surface area is 117 Å². The van der Waals surface area contributed by atoms with Gasteiger partial charge in [0.1, 0.15) is 0 Å². The van der Waals surface area contributed by atoms with Crippen molar-refractivity contribution in [3.8, 4) is 0 Å². The highest BCUT2D eigenvalue weighted by Crippen LogP contribution is 2.33. The number of aromatic nitrogens is 3. The molecule has 1 aromatic rings. The van der Waals surface area contributed by atoms with Crippen LogP contribution in [0.1, 0.15) is 46.5 Å². The molecule has 0 spiro atoms. The number of hydrogen-bond acceptors (Lipinski definition) is 3. The SMILES string of the molecule is CC1CCC(C(C)C)C(NCCCn2ccnn2)C1. The molecule has 4 heteroatoms. The average molecular weight is 264 g/mol. The summed E-state index contributed by atoms with van der Waals surface area (Å²) in [6.07, 6.45) is 8.93. The first-order valence-electron chi connectivity index (χ1n) is 7.74. The van der Waals surface area contributed by atoms with Crippen molar-refractivity contribution in [2.45, 2.75) is 59.0 Å². The summed E-state index contributed by atoms with van der Waals surface area (Å²) in [5.74, 6) is 2.52. The molecule has 1 N–H and O–H groups in total. The van der Waals surface area contributed by atoms with Crippen molar-refractivity contribution in [3.05, 3.63) is 12.4 Å². The van der Waals surface area contributed by atoms with Crippen LogP contribution in [0.3, 0.4) is 0 Å². The number of nitrogens with zero attached hydrogens (tertiary/aromatic N) is 3. The van der Waals surface area contributed by atoms with Gasteiger partial charge in [0.2, 0.25) is 0 Å². The lowest BCUT2D eigenvalue weighted by Gasteiger charge is -2.38. The molecule has 0 amide bonds. The summed E-state index contributed by atoms with van der Waals surface area (Å²) >= 11 is 0. The predicted octanol–water partition coefficient (Wildman–Crippen LogP) is 2.72. The summed E-state index contributed by atoms with van der Waals surface area (Å²) < 4.78 is 1.91. The highest BCUT2D eigenvalue weighted by Gasteiger charge is 2.29. The fourth-order valence-corrected chi connectivity index (χ4v) is 3.32. The molecule has 1 aromatic heterocycles. The molecule has 0 aliphatic heterocycles. The van der Waals surface area contributed by atoms with Crippen molar-refractivity contribution in [2.75, 3.05) is 6.54 Å². The lowest BCUT2D eigenvalue weighted by Crippen LogP contribution is -2.43. The zero-order valence-corrected chi connectivity index (χ0v) is 12.5. The van der Waals surface area contributed by atoms with Gasteiger partial charge in [-0.1, -0.05) is 32.4 Å². The molecule has 0 saturated heterocycles. The van der Waals surface area contributed by atoms with Crippen LogP contribution >= 0.6 is 0 Å². The van der Waals surface area contributed by atoms with Gasteiger partial charge in [0.25, 0.3) is 0 Å². The van der Waals surface area contributed by atoms with Crippen LogP contribution in [0.4, 0.5) is 0 Å². The fraction of sp³-hybridized carbons (Fsp3) is 0.867. The number of hydrogen-bond donors (Lipinski definition) is 1. The molecule has 3 unspecified atom stereocenters. The third kappa shape index (κ3) is 4.30. The Balaban J connectivity index is 1.72. The zero-order chi connectivity index (χ0) is 13.7. The van der Waals surface area contributed by atoms with Crippen LogP contribution in [0.5, 0.6) is 0 Å². The van der Waals surface area contributed by atoms with Crippen molar-refractivity contribution in [2.24, 2.45) is 17.8 Å². The molecule has 0 aromatic carbocycles. The van der Waals surface area contributed by atoms with E-state index in [9.17, 15) is 0 Å². The first-order valence-corrected chi connectivity index (χ1v) is 7.74. The maximum absolute atomic E-state index is 3.99. The average Bonchev–Trinajstić information content (AvgIpc) is 2.87. The summed E-state index contributed by atoms with van der Waals surface area (Å²) in [7, 11) is 0. The zero-order valence-electron chi connectivity index (χ0n) is 12.5. The van der Waals surface area contributed by atoms with E-state index < -0.39 is 0 Å². The maximum Gasteiger partial charge on any atom is 0.0692 e. The Kier molecular flexibility index (Phi) is 5.37. The summed E-state index contributed by atoms with van der Waals surface area (Å²) in [4.78, 5) is 0. The molecule has 2 rings (SSSR count). The standard InChI is InChI=1S/C15H28N4/c1-12(2)14-6-5-13(3)11-15(14)16-7-4-9-19-10-8-17-18-19/h8,10,12-16H,4-7,9,11H2,1-3H3. The number of rotatable bonds is 6. The van der Waals surface area contributed by atoms with Gasteiger partial charge >= 0.3 is 0 Å². The molecule has 1 heterocycles. The summed E-state index contributed by atoms with van der Waals surface area (Å²) in [6, 6.07) is 0.708. The smallest absolute Gasteiger partial charge is 0.0692 e. The largest absolute Gasteiger partial charge is 0.314 e. The predicted molar refractivity (Wildman–Crippen MR) is 77.8 cm³/mol. The second-order valence-electron chi connectivity index (χ2n) is 6.41. The fourth-order valence-electron chi connectivity index (χ4n) is 3.32. The van der Waals surface area contributed by atoms with Gasteiger partial charge in [-0.3, -0.25) is 4.68 Å². The highest BCUT2D eigenvalue weighted by atomic mass is 15.4. The summed E-state index contributed by atoms with van der Waals surface area (Å²) in [6.45, 7) is 9.16. The van der Waals surface area contributed by atoms with Crippen LogP contribution in [0.2, 0.25) is 0 Å². The van der Waals surface area contributed by atoms with Gasteiger partial charge in [-0.15, -0.1) is 5.10 Å². The molecular weight excluding hydrogens is 236 g/mol.